The van der Waals surface area contributed by atoms with E-state index in [0.29, 0.717) is 18.5 Å². The number of hydrogen-bond donors (Lipinski definition) is 1. The minimum absolute atomic E-state index is 0.0207. The summed E-state index contributed by atoms with van der Waals surface area (Å²) in [6.45, 7) is 0.0207. The predicted octanol–water partition coefficient (Wildman–Crippen LogP) is 1.42. The summed E-state index contributed by atoms with van der Waals surface area (Å²) in [6.07, 6.45) is 6.06. The molecule has 1 N–H and O–H groups in total. The molecule has 1 aromatic heterocycles. The number of nitrogens with zero attached hydrogens (tertiary/aromatic N) is 3. The van der Waals surface area contributed by atoms with Crippen molar-refractivity contribution < 1.29 is 13.2 Å². The average Bonchev–Trinajstić information content (AvgIpc) is 3.03. The molecule has 25 heavy (non-hydrogen) atoms. The van der Waals surface area contributed by atoms with E-state index in [4.69, 9.17) is 0 Å². The fourth-order valence-electron chi connectivity index (χ4n) is 3.29. The second-order valence-electron chi connectivity index (χ2n) is 6.49. The lowest BCUT2D eigenvalue weighted by molar-refractivity contribution is -0.122. The standard InChI is InChI=1S/C17H22N4O3S/c1-25(23,24)16-10-6-5-9-14(16)18-17(22)12-21-11-15(19-20-21)13-7-3-2-4-8-13/h2-4,7-8,11,14,16H,5-6,9-10,12H2,1H3,(H,18,22)/t14-,16-/m1/s1. The molecule has 134 valence electrons. The maximum atomic E-state index is 12.3. The van der Waals surface area contributed by atoms with Crippen LogP contribution in [0.3, 0.4) is 0 Å². The van der Waals surface area contributed by atoms with Gasteiger partial charge in [0.25, 0.3) is 0 Å². The largest absolute Gasteiger partial charge is 0.350 e. The maximum Gasteiger partial charge on any atom is 0.242 e. The van der Waals surface area contributed by atoms with Crippen LogP contribution in [0.1, 0.15) is 25.7 Å². The number of carbonyl (C=O) groups excluding carboxylic acids is 1. The third kappa shape index (κ3) is 4.45. The SMILES string of the molecule is CS(=O)(=O)[C@@H]1CCCC[C@H]1NC(=O)Cn1cc(-c2ccccc2)nn1. The lowest BCUT2D eigenvalue weighted by Gasteiger charge is -2.30. The summed E-state index contributed by atoms with van der Waals surface area (Å²) in [5.41, 5.74) is 1.62. The Labute approximate surface area is 147 Å². The molecule has 0 saturated heterocycles. The lowest BCUT2D eigenvalue weighted by Crippen LogP contribution is -2.49. The van der Waals surface area contributed by atoms with Gasteiger partial charge in [-0.2, -0.15) is 0 Å². The number of hydrogen-bond acceptors (Lipinski definition) is 5. The molecule has 7 nitrogen and oxygen atoms in total. The van der Waals surface area contributed by atoms with Gasteiger partial charge in [-0.15, -0.1) is 5.10 Å². The van der Waals surface area contributed by atoms with Gasteiger partial charge in [-0.25, -0.2) is 13.1 Å². The Hall–Kier alpha value is -2.22. The number of carbonyl (C=O) groups is 1. The van der Waals surface area contributed by atoms with Gasteiger partial charge in [0, 0.05) is 17.9 Å². The van der Waals surface area contributed by atoms with Crippen LogP contribution in [0.15, 0.2) is 36.5 Å². The molecular weight excluding hydrogens is 340 g/mol. The molecule has 0 bridgehead atoms. The lowest BCUT2D eigenvalue weighted by atomic mass is 9.95. The zero-order valence-corrected chi connectivity index (χ0v) is 14.9. The van der Waals surface area contributed by atoms with Crippen molar-refractivity contribution in [3.8, 4) is 11.3 Å². The van der Waals surface area contributed by atoms with E-state index in [0.717, 1.165) is 18.4 Å². The van der Waals surface area contributed by atoms with Gasteiger partial charge in [0.05, 0.1) is 11.4 Å². The first-order valence-electron chi connectivity index (χ1n) is 8.37. The Morgan fingerprint density at radius 1 is 1.24 bits per heavy atom. The highest BCUT2D eigenvalue weighted by Crippen LogP contribution is 2.24. The first-order valence-corrected chi connectivity index (χ1v) is 10.3. The zero-order chi connectivity index (χ0) is 17.9. The van der Waals surface area contributed by atoms with E-state index in [1.807, 2.05) is 30.3 Å². The number of aromatic nitrogens is 3. The topological polar surface area (TPSA) is 94.0 Å². The maximum absolute atomic E-state index is 12.3. The Balaban J connectivity index is 1.64. The van der Waals surface area contributed by atoms with E-state index in [1.165, 1.54) is 10.9 Å². The van der Waals surface area contributed by atoms with E-state index >= 15 is 0 Å². The van der Waals surface area contributed by atoms with Crippen molar-refractivity contribution in [2.24, 2.45) is 0 Å². The summed E-state index contributed by atoms with van der Waals surface area (Å²) >= 11 is 0. The van der Waals surface area contributed by atoms with Crippen molar-refractivity contribution >= 4 is 15.7 Å². The summed E-state index contributed by atoms with van der Waals surface area (Å²) in [6, 6.07) is 9.27. The predicted molar refractivity (Wildman–Crippen MR) is 94.5 cm³/mol. The molecule has 2 aromatic rings. The van der Waals surface area contributed by atoms with Crippen molar-refractivity contribution in [2.45, 2.75) is 43.5 Å². The molecule has 0 unspecified atom stereocenters. The molecule has 1 heterocycles. The molecule has 3 rings (SSSR count). The summed E-state index contributed by atoms with van der Waals surface area (Å²) < 4.78 is 25.3. The van der Waals surface area contributed by atoms with E-state index in [-0.39, 0.29) is 18.5 Å². The summed E-state index contributed by atoms with van der Waals surface area (Å²) in [7, 11) is -3.17. The Bertz CT molecular complexity index is 833. The van der Waals surface area contributed by atoms with Gasteiger partial charge >= 0.3 is 0 Å². The molecule has 1 fully saturated rings. The van der Waals surface area contributed by atoms with Crippen molar-refractivity contribution in [3.63, 3.8) is 0 Å². The third-order valence-corrected chi connectivity index (χ3v) is 6.18. The number of nitrogens with one attached hydrogen (secondary N) is 1. The van der Waals surface area contributed by atoms with E-state index in [1.54, 1.807) is 6.20 Å². The zero-order valence-electron chi connectivity index (χ0n) is 14.1. The van der Waals surface area contributed by atoms with Crippen LogP contribution in [0, 0.1) is 0 Å². The van der Waals surface area contributed by atoms with Crippen LogP contribution in [-0.2, 0) is 21.2 Å². The Kier molecular flexibility index (Phi) is 5.17. The average molecular weight is 362 g/mol. The molecule has 1 aliphatic carbocycles. The Morgan fingerprint density at radius 2 is 1.96 bits per heavy atom. The van der Waals surface area contributed by atoms with Crippen molar-refractivity contribution in [1.29, 1.82) is 0 Å². The second kappa shape index (κ2) is 7.35. The summed E-state index contributed by atoms with van der Waals surface area (Å²) in [5, 5.41) is 10.4. The number of sulfone groups is 1. The van der Waals surface area contributed by atoms with Gasteiger partial charge in [-0.3, -0.25) is 4.79 Å². The number of benzene rings is 1. The second-order valence-corrected chi connectivity index (χ2v) is 8.76. The fraction of sp³-hybridized carbons (Fsp3) is 0.471. The van der Waals surface area contributed by atoms with Gasteiger partial charge in [-0.1, -0.05) is 48.4 Å². The van der Waals surface area contributed by atoms with Crippen LogP contribution in [-0.4, -0.2) is 46.9 Å². The highest BCUT2D eigenvalue weighted by molar-refractivity contribution is 7.91. The van der Waals surface area contributed by atoms with Gasteiger partial charge < -0.3 is 5.32 Å². The van der Waals surface area contributed by atoms with Gasteiger partial charge in [0.15, 0.2) is 9.84 Å². The van der Waals surface area contributed by atoms with Crippen molar-refractivity contribution in [3.05, 3.63) is 36.5 Å². The minimum atomic E-state index is -3.17. The quantitative estimate of drug-likeness (QED) is 0.868. The number of amides is 1. The monoisotopic (exact) mass is 362 g/mol. The van der Waals surface area contributed by atoms with E-state index in [2.05, 4.69) is 15.6 Å². The summed E-state index contributed by atoms with van der Waals surface area (Å²) in [5.74, 6) is -0.245. The normalized spacial score (nSPS) is 21.0. The first-order chi connectivity index (χ1) is 11.9. The Morgan fingerprint density at radius 3 is 2.68 bits per heavy atom. The third-order valence-electron chi connectivity index (χ3n) is 4.51. The first kappa shape index (κ1) is 17.6. The molecule has 0 spiro atoms. The highest BCUT2D eigenvalue weighted by atomic mass is 32.2. The molecule has 2 atom stereocenters. The molecule has 1 aromatic carbocycles. The van der Waals surface area contributed by atoms with Crippen LogP contribution < -0.4 is 5.32 Å². The molecule has 8 heteroatoms. The van der Waals surface area contributed by atoms with Crippen LogP contribution in [0.4, 0.5) is 0 Å². The molecule has 0 radical (unpaired) electrons. The van der Waals surface area contributed by atoms with E-state index < -0.39 is 15.1 Å². The van der Waals surface area contributed by atoms with Crippen molar-refractivity contribution in [2.75, 3.05) is 6.26 Å². The van der Waals surface area contributed by atoms with Crippen LogP contribution in [0.5, 0.6) is 0 Å². The fourth-order valence-corrected chi connectivity index (χ4v) is 4.69. The molecule has 1 amide bonds. The highest BCUT2D eigenvalue weighted by Gasteiger charge is 2.33. The van der Waals surface area contributed by atoms with Crippen LogP contribution in [0.25, 0.3) is 11.3 Å². The molecule has 0 aliphatic heterocycles. The van der Waals surface area contributed by atoms with Crippen molar-refractivity contribution in [1.82, 2.24) is 20.3 Å². The van der Waals surface area contributed by atoms with Gasteiger partial charge in [0.2, 0.25) is 5.91 Å². The number of rotatable bonds is 5. The van der Waals surface area contributed by atoms with Crippen LogP contribution >= 0.6 is 0 Å². The summed E-state index contributed by atoms with van der Waals surface area (Å²) in [4.78, 5) is 12.3. The van der Waals surface area contributed by atoms with Crippen LogP contribution in [0.2, 0.25) is 0 Å². The molecule has 1 saturated carbocycles. The van der Waals surface area contributed by atoms with Gasteiger partial charge in [-0.05, 0) is 12.8 Å². The smallest absolute Gasteiger partial charge is 0.242 e. The minimum Gasteiger partial charge on any atom is -0.350 e. The van der Waals surface area contributed by atoms with E-state index in [9.17, 15) is 13.2 Å². The van der Waals surface area contributed by atoms with Gasteiger partial charge in [0.1, 0.15) is 12.2 Å². The molecule has 1 aliphatic rings. The molecular formula is C17H22N4O3S.